The van der Waals surface area contributed by atoms with Crippen LogP contribution in [0.4, 0.5) is 5.95 Å². The molecule has 2 aromatic heterocycles. The number of aromatic nitrogens is 3. The number of para-hydroxylation sites is 1. The molecule has 0 saturated heterocycles. The molecular weight excluding hydrogens is 248 g/mol. The fourth-order valence-corrected chi connectivity index (χ4v) is 3.10. The summed E-state index contributed by atoms with van der Waals surface area (Å²) in [7, 11) is 0. The lowest BCUT2D eigenvalue weighted by Crippen LogP contribution is -2.14. The van der Waals surface area contributed by atoms with Crippen LogP contribution in [0.3, 0.4) is 0 Å². The lowest BCUT2D eigenvalue weighted by molar-refractivity contribution is 0.284. The molecule has 0 amide bonds. The molecule has 4 heteroatoms. The summed E-state index contributed by atoms with van der Waals surface area (Å²) < 4.78 is 2.16. The number of nitrogens with zero attached hydrogens (tertiary/aromatic N) is 3. The molecular formula is C16H18N4. The first-order chi connectivity index (χ1) is 9.83. The smallest absolute Gasteiger partial charge is 0.201 e. The molecule has 4 nitrogen and oxygen atoms in total. The Balaban J connectivity index is 1.84. The zero-order chi connectivity index (χ0) is 13.5. The van der Waals surface area contributed by atoms with Crippen molar-refractivity contribution >= 4 is 27.9 Å². The topological polar surface area (TPSA) is 56.7 Å². The molecule has 0 aliphatic heterocycles. The number of fused-ring (bicyclic) bond motifs is 3. The molecule has 20 heavy (non-hydrogen) atoms. The fourth-order valence-electron chi connectivity index (χ4n) is 3.10. The highest BCUT2D eigenvalue weighted by Gasteiger charge is 2.19. The number of benzene rings is 1. The molecule has 1 aromatic carbocycles. The summed E-state index contributed by atoms with van der Waals surface area (Å²) in [6, 6.07) is 8.20. The maximum atomic E-state index is 6.11. The van der Waals surface area contributed by atoms with Crippen LogP contribution in [0.5, 0.6) is 0 Å². The molecule has 0 spiro atoms. The Labute approximate surface area is 117 Å². The van der Waals surface area contributed by atoms with E-state index in [-0.39, 0.29) is 0 Å². The van der Waals surface area contributed by atoms with Gasteiger partial charge >= 0.3 is 0 Å². The van der Waals surface area contributed by atoms with Gasteiger partial charge in [0.15, 0.2) is 0 Å². The number of aryl methyl sites for hydroxylation is 1. The molecule has 0 unspecified atom stereocenters. The third-order valence-electron chi connectivity index (χ3n) is 4.49. The Morgan fingerprint density at radius 2 is 2.05 bits per heavy atom. The van der Waals surface area contributed by atoms with E-state index in [1.54, 1.807) is 0 Å². The van der Waals surface area contributed by atoms with Crippen molar-refractivity contribution < 1.29 is 0 Å². The average molecular weight is 266 g/mol. The maximum Gasteiger partial charge on any atom is 0.201 e. The molecule has 1 saturated carbocycles. The van der Waals surface area contributed by atoms with Gasteiger partial charge in [-0.2, -0.15) is 0 Å². The average Bonchev–Trinajstić information content (AvgIpc) is 2.74. The zero-order valence-corrected chi connectivity index (χ0v) is 11.4. The minimum absolute atomic E-state index is 0.609. The van der Waals surface area contributed by atoms with E-state index >= 15 is 0 Å². The van der Waals surface area contributed by atoms with Crippen LogP contribution < -0.4 is 5.73 Å². The summed E-state index contributed by atoms with van der Waals surface area (Å²) >= 11 is 0. The van der Waals surface area contributed by atoms with Gasteiger partial charge in [-0.25, -0.2) is 4.98 Å². The molecule has 4 rings (SSSR count). The number of rotatable bonds is 3. The van der Waals surface area contributed by atoms with Gasteiger partial charge < -0.3 is 10.3 Å². The van der Waals surface area contributed by atoms with Crippen LogP contribution in [0.15, 0.2) is 30.5 Å². The molecule has 2 heterocycles. The molecule has 0 atom stereocenters. The third kappa shape index (κ3) is 1.75. The number of hydrogen-bond donors (Lipinski definition) is 1. The Hall–Kier alpha value is -2.10. The number of imidazole rings is 1. The van der Waals surface area contributed by atoms with E-state index in [2.05, 4.69) is 20.6 Å². The van der Waals surface area contributed by atoms with Gasteiger partial charge in [0, 0.05) is 11.9 Å². The maximum absolute atomic E-state index is 6.11. The van der Waals surface area contributed by atoms with Gasteiger partial charge in [0.05, 0.1) is 17.2 Å². The normalized spacial score (nSPS) is 15.8. The second-order valence-electron chi connectivity index (χ2n) is 5.72. The summed E-state index contributed by atoms with van der Waals surface area (Å²) in [5.41, 5.74) is 9.15. The first-order valence-corrected chi connectivity index (χ1v) is 7.32. The van der Waals surface area contributed by atoms with Gasteiger partial charge in [-0.1, -0.05) is 37.5 Å². The minimum atomic E-state index is 0.609. The second-order valence-corrected chi connectivity index (χ2v) is 5.72. The largest absolute Gasteiger partial charge is 0.369 e. The predicted octanol–water partition coefficient (Wildman–Crippen LogP) is 3.36. The van der Waals surface area contributed by atoms with Gasteiger partial charge in [0.2, 0.25) is 5.95 Å². The van der Waals surface area contributed by atoms with Crippen molar-refractivity contribution in [1.82, 2.24) is 14.5 Å². The van der Waals surface area contributed by atoms with Crippen LogP contribution >= 0.6 is 0 Å². The highest BCUT2D eigenvalue weighted by atomic mass is 15.2. The third-order valence-corrected chi connectivity index (χ3v) is 4.49. The quantitative estimate of drug-likeness (QED) is 0.790. The summed E-state index contributed by atoms with van der Waals surface area (Å²) in [6.07, 6.45) is 7.15. The van der Waals surface area contributed by atoms with Crippen molar-refractivity contribution in [2.24, 2.45) is 5.92 Å². The Kier molecular flexibility index (Phi) is 2.62. The summed E-state index contributed by atoms with van der Waals surface area (Å²) in [5, 5.41) is 1.14. The first-order valence-electron chi connectivity index (χ1n) is 7.32. The predicted molar refractivity (Wildman–Crippen MR) is 81.4 cm³/mol. The van der Waals surface area contributed by atoms with Gasteiger partial charge in [-0.3, -0.25) is 4.98 Å². The standard InChI is InChI=1S/C16H18N4/c17-16-19-14-10-18-13-7-2-1-6-12(13)15(14)20(16)9-8-11-4-3-5-11/h1-2,6-7,10-11H,3-5,8-9H2,(H2,17,19). The SMILES string of the molecule is Nc1nc2cnc3ccccc3c2n1CCC1CCC1. The van der Waals surface area contributed by atoms with Crippen molar-refractivity contribution in [2.45, 2.75) is 32.2 Å². The van der Waals surface area contributed by atoms with Gasteiger partial charge in [0.1, 0.15) is 5.52 Å². The van der Waals surface area contributed by atoms with E-state index in [1.807, 2.05) is 24.4 Å². The fraction of sp³-hybridized carbons (Fsp3) is 0.375. The van der Waals surface area contributed by atoms with Crippen LogP contribution in [0.2, 0.25) is 0 Å². The van der Waals surface area contributed by atoms with Crippen LogP contribution in [0.1, 0.15) is 25.7 Å². The van der Waals surface area contributed by atoms with E-state index in [4.69, 9.17) is 5.73 Å². The molecule has 1 aliphatic rings. The Bertz CT molecular complexity index is 771. The lowest BCUT2D eigenvalue weighted by Gasteiger charge is -2.25. The van der Waals surface area contributed by atoms with E-state index < -0.39 is 0 Å². The second kappa shape index (κ2) is 4.47. The number of nitrogens with two attached hydrogens (primary N) is 1. The Morgan fingerprint density at radius 1 is 1.20 bits per heavy atom. The lowest BCUT2D eigenvalue weighted by atomic mass is 9.83. The molecule has 0 bridgehead atoms. The van der Waals surface area contributed by atoms with Crippen molar-refractivity contribution in [3.05, 3.63) is 30.5 Å². The molecule has 1 aliphatic carbocycles. The number of anilines is 1. The first kappa shape index (κ1) is 11.7. The van der Waals surface area contributed by atoms with E-state index in [9.17, 15) is 0 Å². The number of hydrogen-bond acceptors (Lipinski definition) is 3. The highest BCUT2D eigenvalue weighted by Crippen LogP contribution is 2.32. The van der Waals surface area contributed by atoms with Crippen LogP contribution in [-0.4, -0.2) is 14.5 Å². The molecule has 1 fully saturated rings. The number of pyridine rings is 1. The molecule has 3 aromatic rings. The van der Waals surface area contributed by atoms with Gasteiger partial charge in [0.25, 0.3) is 0 Å². The van der Waals surface area contributed by atoms with Gasteiger partial charge in [-0.15, -0.1) is 0 Å². The van der Waals surface area contributed by atoms with E-state index in [0.29, 0.717) is 5.95 Å². The van der Waals surface area contributed by atoms with Crippen molar-refractivity contribution in [3.63, 3.8) is 0 Å². The Morgan fingerprint density at radius 3 is 2.85 bits per heavy atom. The van der Waals surface area contributed by atoms with Gasteiger partial charge in [-0.05, 0) is 18.4 Å². The minimum Gasteiger partial charge on any atom is -0.369 e. The van der Waals surface area contributed by atoms with Crippen molar-refractivity contribution in [1.29, 1.82) is 0 Å². The van der Waals surface area contributed by atoms with Crippen molar-refractivity contribution in [2.75, 3.05) is 5.73 Å². The van der Waals surface area contributed by atoms with Crippen molar-refractivity contribution in [3.8, 4) is 0 Å². The molecule has 2 N–H and O–H groups in total. The molecule has 102 valence electrons. The summed E-state index contributed by atoms with van der Waals surface area (Å²) in [6.45, 7) is 0.959. The highest BCUT2D eigenvalue weighted by molar-refractivity contribution is 6.02. The van der Waals surface area contributed by atoms with Crippen LogP contribution in [0, 0.1) is 5.92 Å². The molecule has 0 radical (unpaired) electrons. The van der Waals surface area contributed by atoms with Crippen LogP contribution in [0.25, 0.3) is 21.9 Å². The van der Waals surface area contributed by atoms with E-state index in [0.717, 1.165) is 34.4 Å². The number of nitrogen functional groups attached to an aromatic ring is 1. The monoisotopic (exact) mass is 266 g/mol. The van der Waals surface area contributed by atoms with E-state index in [1.165, 1.54) is 25.7 Å². The van der Waals surface area contributed by atoms with Crippen LogP contribution in [-0.2, 0) is 6.54 Å². The summed E-state index contributed by atoms with van der Waals surface area (Å²) in [4.78, 5) is 8.92. The summed E-state index contributed by atoms with van der Waals surface area (Å²) in [5.74, 6) is 1.48. The zero-order valence-electron chi connectivity index (χ0n) is 11.4.